The summed E-state index contributed by atoms with van der Waals surface area (Å²) in [7, 11) is 0. The topological polar surface area (TPSA) is 62.4 Å². The summed E-state index contributed by atoms with van der Waals surface area (Å²) in [6.45, 7) is 8.09. The molecule has 0 saturated carbocycles. The molecule has 1 aromatic carbocycles. The third-order valence-corrected chi connectivity index (χ3v) is 7.59. The van der Waals surface area contributed by atoms with Gasteiger partial charge < -0.3 is 4.90 Å². The van der Waals surface area contributed by atoms with Crippen LogP contribution in [0.3, 0.4) is 0 Å². The van der Waals surface area contributed by atoms with Gasteiger partial charge in [-0.15, -0.1) is 0 Å². The number of fused-ring (bicyclic) bond motifs is 1. The van der Waals surface area contributed by atoms with Crippen LogP contribution in [0.1, 0.15) is 66.9 Å². The number of piperidine rings is 1. The third-order valence-electron chi connectivity index (χ3n) is 7.59. The lowest BCUT2D eigenvalue weighted by atomic mass is 10.0. The second-order valence-corrected chi connectivity index (χ2v) is 10.1. The summed E-state index contributed by atoms with van der Waals surface area (Å²) in [6.07, 6.45) is 10.2. The largest absolute Gasteiger partial charge is 0.356 e. The zero-order chi connectivity index (χ0) is 23.6. The molecule has 1 fully saturated rings. The third kappa shape index (κ3) is 4.61. The molecule has 0 aliphatic carbocycles. The first kappa shape index (κ1) is 22.4. The minimum atomic E-state index is 0.851. The second kappa shape index (κ2) is 9.90. The van der Waals surface area contributed by atoms with E-state index in [1.807, 2.05) is 6.20 Å². The molecule has 0 N–H and O–H groups in total. The van der Waals surface area contributed by atoms with Gasteiger partial charge in [0.05, 0.1) is 22.8 Å². The number of rotatable bonds is 5. The highest BCUT2D eigenvalue weighted by molar-refractivity contribution is 5.97. The fourth-order valence-electron chi connectivity index (χ4n) is 5.66. The van der Waals surface area contributed by atoms with E-state index in [0.717, 1.165) is 75.0 Å². The Balaban J connectivity index is 1.27. The van der Waals surface area contributed by atoms with Crippen LogP contribution in [0.4, 0.5) is 5.82 Å². The molecule has 0 amide bonds. The van der Waals surface area contributed by atoms with Gasteiger partial charge in [0.25, 0.3) is 0 Å². The smallest absolute Gasteiger partial charge is 0.173 e. The highest BCUT2D eigenvalue weighted by Crippen LogP contribution is 2.32. The molecule has 182 valence electrons. The van der Waals surface area contributed by atoms with Crippen LogP contribution in [0, 0.1) is 6.92 Å². The number of anilines is 1. The fraction of sp³-hybridized carbons (Fsp3) is 0.500. The van der Waals surface area contributed by atoms with Gasteiger partial charge in [-0.3, -0.25) is 9.89 Å². The summed E-state index contributed by atoms with van der Waals surface area (Å²) in [4.78, 5) is 19.4. The molecule has 2 aromatic heterocycles. The first-order valence-corrected chi connectivity index (χ1v) is 13.3. The second-order valence-electron chi connectivity index (χ2n) is 10.1. The van der Waals surface area contributed by atoms with Crippen molar-refractivity contribution in [1.29, 1.82) is 0 Å². The molecule has 0 unspecified atom stereocenters. The summed E-state index contributed by atoms with van der Waals surface area (Å²) >= 11 is 0. The lowest BCUT2D eigenvalue weighted by molar-refractivity contribution is 0.242. The monoisotopic (exact) mass is 469 g/mol. The first-order valence-electron chi connectivity index (χ1n) is 13.3. The first-order chi connectivity index (χ1) is 17.3. The Morgan fingerprint density at radius 3 is 2.57 bits per heavy atom. The Morgan fingerprint density at radius 1 is 0.914 bits per heavy atom. The van der Waals surface area contributed by atoms with E-state index in [1.165, 1.54) is 54.7 Å². The van der Waals surface area contributed by atoms with Crippen molar-refractivity contribution < 1.29 is 0 Å². The van der Waals surface area contributed by atoms with Crippen LogP contribution in [0.15, 0.2) is 41.5 Å². The van der Waals surface area contributed by atoms with Crippen LogP contribution in [-0.2, 0) is 19.5 Å². The average molecular weight is 470 g/mol. The van der Waals surface area contributed by atoms with Crippen molar-refractivity contribution in [3.63, 3.8) is 0 Å². The Morgan fingerprint density at radius 2 is 1.77 bits per heavy atom. The number of hydrogen-bond acceptors (Lipinski definition) is 6. The quantitative estimate of drug-likeness (QED) is 0.551. The molecule has 0 atom stereocenters. The summed E-state index contributed by atoms with van der Waals surface area (Å²) in [5, 5.41) is 5.04. The van der Waals surface area contributed by atoms with Crippen LogP contribution >= 0.6 is 0 Å². The molecule has 7 heteroatoms. The van der Waals surface area contributed by atoms with Crippen molar-refractivity contribution in [3.05, 3.63) is 64.9 Å². The van der Waals surface area contributed by atoms with Crippen molar-refractivity contribution in [2.24, 2.45) is 4.99 Å². The number of nitrogens with zero attached hydrogens (tertiary/aromatic N) is 7. The van der Waals surface area contributed by atoms with Crippen LogP contribution < -0.4 is 4.90 Å². The maximum atomic E-state index is 5.04. The lowest BCUT2D eigenvalue weighted by Crippen LogP contribution is -2.34. The van der Waals surface area contributed by atoms with Crippen molar-refractivity contribution in [3.8, 4) is 5.69 Å². The minimum Gasteiger partial charge on any atom is -0.356 e. The molecular formula is C28H35N7. The molecule has 35 heavy (non-hydrogen) atoms. The van der Waals surface area contributed by atoms with Gasteiger partial charge in [0.2, 0.25) is 0 Å². The Kier molecular flexibility index (Phi) is 6.34. The fourth-order valence-corrected chi connectivity index (χ4v) is 5.66. The molecule has 7 nitrogen and oxygen atoms in total. The summed E-state index contributed by atoms with van der Waals surface area (Å²) in [6, 6.07) is 10.6. The zero-order valence-corrected chi connectivity index (χ0v) is 20.8. The van der Waals surface area contributed by atoms with Crippen molar-refractivity contribution in [2.75, 3.05) is 31.1 Å². The molecule has 0 spiro atoms. The van der Waals surface area contributed by atoms with Gasteiger partial charge in [0.1, 0.15) is 5.82 Å². The maximum absolute atomic E-state index is 5.04. The number of hydrogen-bond donors (Lipinski definition) is 0. The maximum Gasteiger partial charge on any atom is 0.173 e. The Hall–Kier alpha value is -3.06. The van der Waals surface area contributed by atoms with E-state index in [2.05, 4.69) is 56.7 Å². The Bertz CT molecular complexity index is 1210. The molecule has 5 heterocycles. The van der Waals surface area contributed by atoms with Crippen molar-refractivity contribution in [2.45, 2.75) is 65.0 Å². The number of para-hydroxylation sites is 1. The van der Waals surface area contributed by atoms with E-state index in [4.69, 9.17) is 15.1 Å². The van der Waals surface area contributed by atoms with Crippen molar-refractivity contribution >= 4 is 11.5 Å². The summed E-state index contributed by atoms with van der Waals surface area (Å²) in [5.74, 6) is 2.13. The van der Waals surface area contributed by atoms with Crippen LogP contribution in [0.25, 0.3) is 5.69 Å². The predicted octanol–water partition coefficient (Wildman–Crippen LogP) is 4.49. The molecule has 0 bridgehead atoms. The molecule has 3 aromatic rings. The van der Waals surface area contributed by atoms with E-state index in [0.29, 0.717) is 0 Å². The van der Waals surface area contributed by atoms with Gasteiger partial charge in [-0.1, -0.05) is 18.2 Å². The van der Waals surface area contributed by atoms with E-state index in [9.17, 15) is 0 Å². The van der Waals surface area contributed by atoms with Gasteiger partial charge in [0, 0.05) is 63.0 Å². The van der Waals surface area contributed by atoms with Gasteiger partial charge in [-0.2, -0.15) is 5.10 Å². The van der Waals surface area contributed by atoms with Crippen LogP contribution in [0.2, 0.25) is 0 Å². The molecule has 1 saturated heterocycles. The van der Waals surface area contributed by atoms with Gasteiger partial charge >= 0.3 is 0 Å². The zero-order valence-electron chi connectivity index (χ0n) is 20.8. The normalized spacial score (nSPS) is 18.9. The highest BCUT2D eigenvalue weighted by Gasteiger charge is 2.27. The van der Waals surface area contributed by atoms with E-state index in [-0.39, 0.29) is 0 Å². The van der Waals surface area contributed by atoms with Gasteiger partial charge in [0.15, 0.2) is 5.82 Å². The summed E-state index contributed by atoms with van der Waals surface area (Å²) < 4.78 is 2.17. The van der Waals surface area contributed by atoms with E-state index >= 15 is 0 Å². The molecule has 3 aliphatic rings. The highest BCUT2D eigenvalue weighted by atomic mass is 15.4. The van der Waals surface area contributed by atoms with E-state index < -0.39 is 0 Å². The van der Waals surface area contributed by atoms with Crippen LogP contribution in [0.5, 0.6) is 0 Å². The predicted molar refractivity (Wildman–Crippen MR) is 139 cm³/mol. The SMILES string of the molecule is Cc1nn(-c2ccccc2)c(N2CCCCC2)c1CN1CCc2nc(C3=NCCCC3)ncc2C1. The Labute approximate surface area is 207 Å². The molecule has 0 radical (unpaired) electrons. The van der Waals surface area contributed by atoms with Gasteiger partial charge in [-0.05, 0) is 57.6 Å². The van der Waals surface area contributed by atoms with Gasteiger partial charge in [-0.25, -0.2) is 14.6 Å². The molecular weight excluding hydrogens is 434 g/mol. The van der Waals surface area contributed by atoms with E-state index in [1.54, 1.807) is 0 Å². The van der Waals surface area contributed by atoms with Crippen molar-refractivity contribution in [1.82, 2.24) is 24.6 Å². The number of aryl methyl sites for hydroxylation is 1. The average Bonchev–Trinajstić information content (AvgIpc) is 3.25. The minimum absolute atomic E-state index is 0.851. The molecule has 6 rings (SSSR count). The molecule has 3 aliphatic heterocycles. The van der Waals surface area contributed by atoms with Crippen LogP contribution in [-0.4, -0.2) is 56.5 Å². The summed E-state index contributed by atoms with van der Waals surface area (Å²) in [5.41, 5.74) is 7.17. The number of benzene rings is 1. The number of aliphatic imine (C=N–C) groups is 1. The number of aromatic nitrogens is 4. The standard InChI is InChI=1S/C28H35N7/c1-21-24(28(34-15-8-3-9-16-34)35(32-21)23-10-4-2-5-11-23)20-33-17-13-25-22(19-33)18-30-27(31-25)26-12-6-7-14-29-26/h2,4-5,10-11,18H,3,6-9,12-17,19-20H2,1H3. The lowest BCUT2D eigenvalue weighted by Gasteiger charge is -2.32.